The second-order valence-electron chi connectivity index (χ2n) is 5.71. The number of rotatable bonds is 7. The Kier molecular flexibility index (Phi) is 6.51. The fourth-order valence-corrected chi connectivity index (χ4v) is 2.74. The maximum Gasteiger partial charge on any atom is 0.251 e. The third-order valence-corrected chi connectivity index (χ3v) is 3.99. The summed E-state index contributed by atoms with van der Waals surface area (Å²) in [6, 6.07) is 14.7. The standard InChI is InChI=1S/C18H18N4O4S/c1-27(25,26)22-16-8-4-14(5-9-16)18(24)20-12-13-2-6-15(7-3-13)21-17(23)10-11-19/h2-9,22H,10,12H2,1H3,(H,20,24)(H,21,23). The quantitative estimate of drug-likeness (QED) is 0.669. The molecule has 0 saturated carbocycles. The highest BCUT2D eigenvalue weighted by molar-refractivity contribution is 7.92. The summed E-state index contributed by atoms with van der Waals surface area (Å²) in [5.41, 5.74) is 2.17. The number of benzene rings is 2. The second kappa shape index (κ2) is 8.82. The Morgan fingerprint density at radius 1 is 1.00 bits per heavy atom. The number of nitriles is 1. The van der Waals surface area contributed by atoms with Gasteiger partial charge in [0.15, 0.2) is 0 Å². The van der Waals surface area contributed by atoms with E-state index in [1.807, 2.05) is 0 Å². The fourth-order valence-electron chi connectivity index (χ4n) is 2.17. The van der Waals surface area contributed by atoms with Gasteiger partial charge in [0.05, 0.1) is 12.3 Å². The van der Waals surface area contributed by atoms with Gasteiger partial charge in [-0.05, 0) is 42.0 Å². The van der Waals surface area contributed by atoms with Crippen LogP contribution in [0.25, 0.3) is 0 Å². The fraction of sp³-hybridized carbons (Fsp3) is 0.167. The maximum atomic E-state index is 12.2. The third-order valence-electron chi connectivity index (χ3n) is 3.38. The summed E-state index contributed by atoms with van der Waals surface area (Å²) in [7, 11) is -3.36. The lowest BCUT2D eigenvalue weighted by Gasteiger charge is -2.08. The average Bonchev–Trinajstić information content (AvgIpc) is 2.60. The number of carbonyl (C=O) groups is 2. The molecule has 2 amide bonds. The Morgan fingerprint density at radius 3 is 2.15 bits per heavy atom. The van der Waals surface area contributed by atoms with Gasteiger partial charge < -0.3 is 10.6 Å². The molecular weight excluding hydrogens is 368 g/mol. The number of nitrogens with one attached hydrogen (secondary N) is 3. The molecule has 0 bridgehead atoms. The number of sulfonamides is 1. The summed E-state index contributed by atoms with van der Waals surface area (Å²) in [5.74, 6) is -0.681. The Labute approximate surface area is 157 Å². The van der Waals surface area contributed by atoms with E-state index in [-0.39, 0.29) is 24.8 Å². The van der Waals surface area contributed by atoms with Crippen molar-refractivity contribution in [3.63, 3.8) is 0 Å². The van der Waals surface area contributed by atoms with Crippen LogP contribution in [0.1, 0.15) is 22.3 Å². The summed E-state index contributed by atoms with van der Waals surface area (Å²) in [6.45, 7) is 0.286. The zero-order valence-corrected chi connectivity index (χ0v) is 15.3. The molecule has 9 heteroatoms. The number of carbonyl (C=O) groups excluding carboxylic acids is 2. The molecule has 0 radical (unpaired) electrons. The third kappa shape index (κ3) is 6.80. The van der Waals surface area contributed by atoms with E-state index in [4.69, 9.17) is 5.26 Å². The van der Waals surface area contributed by atoms with Crippen molar-refractivity contribution in [3.8, 4) is 6.07 Å². The van der Waals surface area contributed by atoms with E-state index in [0.717, 1.165) is 11.8 Å². The molecule has 0 saturated heterocycles. The van der Waals surface area contributed by atoms with Crippen LogP contribution in [0.3, 0.4) is 0 Å². The molecule has 0 aliphatic carbocycles. The van der Waals surface area contributed by atoms with Crippen molar-refractivity contribution in [2.75, 3.05) is 16.3 Å². The molecule has 2 rings (SSSR count). The van der Waals surface area contributed by atoms with Crippen LogP contribution >= 0.6 is 0 Å². The first-order valence-corrected chi connectivity index (χ1v) is 9.78. The molecule has 0 fully saturated rings. The highest BCUT2D eigenvalue weighted by Crippen LogP contribution is 2.12. The van der Waals surface area contributed by atoms with E-state index in [0.29, 0.717) is 16.9 Å². The van der Waals surface area contributed by atoms with Crippen LogP contribution in [0.5, 0.6) is 0 Å². The van der Waals surface area contributed by atoms with Gasteiger partial charge in [0.25, 0.3) is 5.91 Å². The van der Waals surface area contributed by atoms with Gasteiger partial charge in [-0.3, -0.25) is 14.3 Å². The molecule has 0 heterocycles. The smallest absolute Gasteiger partial charge is 0.251 e. The average molecular weight is 386 g/mol. The van der Waals surface area contributed by atoms with Gasteiger partial charge in [-0.25, -0.2) is 8.42 Å². The molecule has 3 N–H and O–H groups in total. The Morgan fingerprint density at radius 2 is 1.59 bits per heavy atom. The predicted octanol–water partition coefficient (Wildman–Crippen LogP) is 1.84. The zero-order chi connectivity index (χ0) is 19.9. The van der Waals surface area contributed by atoms with E-state index < -0.39 is 10.0 Å². The van der Waals surface area contributed by atoms with Crippen LogP contribution in [-0.2, 0) is 21.4 Å². The van der Waals surface area contributed by atoms with Crippen molar-refractivity contribution in [1.29, 1.82) is 5.26 Å². The van der Waals surface area contributed by atoms with E-state index in [2.05, 4.69) is 15.4 Å². The van der Waals surface area contributed by atoms with Crippen LogP contribution < -0.4 is 15.4 Å². The lowest BCUT2D eigenvalue weighted by molar-refractivity contribution is -0.115. The lowest BCUT2D eigenvalue weighted by Crippen LogP contribution is -2.22. The highest BCUT2D eigenvalue weighted by Gasteiger charge is 2.07. The summed E-state index contributed by atoms with van der Waals surface area (Å²) >= 11 is 0. The molecule has 2 aromatic rings. The van der Waals surface area contributed by atoms with Crippen molar-refractivity contribution in [1.82, 2.24) is 5.32 Å². The minimum atomic E-state index is -3.36. The van der Waals surface area contributed by atoms with E-state index in [1.165, 1.54) is 24.3 Å². The van der Waals surface area contributed by atoms with Crippen LogP contribution in [-0.4, -0.2) is 26.5 Å². The number of nitrogens with zero attached hydrogens (tertiary/aromatic N) is 1. The van der Waals surface area contributed by atoms with Crippen molar-refractivity contribution in [2.24, 2.45) is 0 Å². The van der Waals surface area contributed by atoms with Crippen LogP contribution in [0.2, 0.25) is 0 Å². The molecule has 27 heavy (non-hydrogen) atoms. The lowest BCUT2D eigenvalue weighted by atomic mass is 10.1. The minimum absolute atomic E-state index is 0.212. The van der Waals surface area contributed by atoms with Gasteiger partial charge in [-0.15, -0.1) is 0 Å². The second-order valence-corrected chi connectivity index (χ2v) is 7.46. The van der Waals surface area contributed by atoms with Crippen molar-refractivity contribution in [3.05, 3.63) is 59.7 Å². The molecular formula is C18H18N4O4S. The molecule has 0 aliphatic heterocycles. The van der Waals surface area contributed by atoms with Gasteiger partial charge in [0.1, 0.15) is 6.42 Å². The van der Waals surface area contributed by atoms with Gasteiger partial charge in [-0.1, -0.05) is 12.1 Å². The number of hydrogen-bond donors (Lipinski definition) is 3. The highest BCUT2D eigenvalue weighted by atomic mass is 32.2. The van der Waals surface area contributed by atoms with E-state index in [9.17, 15) is 18.0 Å². The first-order chi connectivity index (χ1) is 12.8. The van der Waals surface area contributed by atoms with Crippen molar-refractivity contribution >= 4 is 33.2 Å². The summed E-state index contributed by atoms with van der Waals surface area (Å²) in [6.07, 6.45) is 0.837. The number of amides is 2. The first-order valence-electron chi connectivity index (χ1n) is 7.88. The van der Waals surface area contributed by atoms with Gasteiger partial charge in [-0.2, -0.15) is 5.26 Å². The Hall–Kier alpha value is -3.38. The number of anilines is 2. The molecule has 0 aromatic heterocycles. The predicted molar refractivity (Wildman–Crippen MR) is 101 cm³/mol. The van der Waals surface area contributed by atoms with Crippen molar-refractivity contribution < 1.29 is 18.0 Å². The zero-order valence-electron chi connectivity index (χ0n) is 14.5. The monoisotopic (exact) mass is 386 g/mol. The minimum Gasteiger partial charge on any atom is -0.348 e. The van der Waals surface area contributed by atoms with Crippen LogP contribution in [0.4, 0.5) is 11.4 Å². The Balaban J connectivity index is 1.89. The molecule has 140 valence electrons. The summed E-state index contributed by atoms with van der Waals surface area (Å²) in [5, 5.41) is 13.8. The van der Waals surface area contributed by atoms with Crippen LogP contribution in [0.15, 0.2) is 48.5 Å². The molecule has 0 atom stereocenters. The molecule has 2 aromatic carbocycles. The molecule has 0 aliphatic rings. The van der Waals surface area contributed by atoms with E-state index >= 15 is 0 Å². The van der Waals surface area contributed by atoms with Gasteiger partial charge >= 0.3 is 0 Å². The topological polar surface area (TPSA) is 128 Å². The summed E-state index contributed by atoms with van der Waals surface area (Å²) < 4.78 is 24.7. The maximum absolute atomic E-state index is 12.2. The van der Waals surface area contributed by atoms with Gasteiger partial charge in [0, 0.05) is 23.5 Å². The molecule has 0 unspecified atom stereocenters. The summed E-state index contributed by atoms with van der Waals surface area (Å²) in [4.78, 5) is 23.5. The largest absolute Gasteiger partial charge is 0.348 e. The van der Waals surface area contributed by atoms with E-state index in [1.54, 1.807) is 30.3 Å². The normalized spacial score (nSPS) is 10.5. The molecule has 0 spiro atoms. The van der Waals surface area contributed by atoms with Gasteiger partial charge in [0.2, 0.25) is 15.9 Å². The SMILES string of the molecule is CS(=O)(=O)Nc1ccc(C(=O)NCc2ccc(NC(=O)CC#N)cc2)cc1. The first kappa shape index (κ1) is 19.9. The van der Waals surface area contributed by atoms with Crippen LogP contribution in [0, 0.1) is 11.3 Å². The van der Waals surface area contributed by atoms with Crippen molar-refractivity contribution in [2.45, 2.75) is 13.0 Å². The Bertz CT molecular complexity index is 962. The molecule has 8 nitrogen and oxygen atoms in total. The number of hydrogen-bond acceptors (Lipinski definition) is 5.